The molecule has 0 aliphatic rings. The highest BCUT2D eigenvalue weighted by Gasteiger charge is 2.20. The fourth-order valence-corrected chi connectivity index (χ4v) is 2.73. The Bertz CT molecular complexity index is 680. The number of carbonyl (C=O) groups excluding carboxylic acids is 1. The number of nitrogens with one attached hydrogen (secondary N) is 1. The molecule has 0 aliphatic heterocycles. The first-order chi connectivity index (χ1) is 10.3. The van der Waals surface area contributed by atoms with Gasteiger partial charge in [-0.05, 0) is 55.8 Å². The topological polar surface area (TPSA) is 72.7 Å². The summed E-state index contributed by atoms with van der Waals surface area (Å²) >= 11 is 7.34. The van der Waals surface area contributed by atoms with Gasteiger partial charge in [-0.15, -0.1) is 5.10 Å². The van der Waals surface area contributed by atoms with Crippen molar-refractivity contribution in [3.63, 3.8) is 0 Å². The maximum absolute atomic E-state index is 12.0. The molecule has 0 atom stereocenters. The lowest BCUT2D eigenvalue weighted by Crippen LogP contribution is -2.24. The number of aromatic nitrogens is 4. The van der Waals surface area contributed by atoms with Crippen molar-refractivity contribution in [3.8, 4) is 0 Å². The molecule has 1 aromatic heterocycles. The molecule has 2 aromatic rings. The number of benzene rings is 1. The van der Waals surface area contributed by atoms with Gasteiger partial charge in [0.2, 0.25) is 11.1 Å². The molecule has 8 heteroatoms. The van der Waals surface area contributed by atoms with Crippen LogP contribution in [0.2, 0.25) is 5.02 Å². The Hall–Kier alpha value is -1.60. The maximum atomic E-state index is 12.0. The number of carbonyl (C=O) groups is 1. The van der Waals surface area contributed by atoms with E-state index in [1.54, 1.807) is 10.7 Å². The van der Waals surface area contributed by atoms with Gasteiger partial charge in [-0.2, -0.15) is 0 Å². The molecule has 0 saturated carbocycles. The summed E-state index contributed by atoms with van der Waals surface area (Å²) in [6.45, 7) is 7.92. The highest BCUT2D eigenvalue weighted by atomic mass is 35.5. The van der Waals surface area contributed by atoms with E-state index in [0.717, 1.165) is 5.56 Å². The number of anilines is 1. The molecule has 6 nitrogen and oxygen atoms in total. The summed E-state index contributed by atoms with van der Waals surface area (Å²) < 4.78 is 1.70. The second kappa shape index (κ2) is 6.66. The molecule has 0 spiro atoms. The van der Waals surface area contributed by atoms with Crippen molar-refractivity contribution >= 4 is 35.0 Å². The van der Waals surface area contributed by atoms with Gasteiger partial charge in [-0.1, -0.05) is 29.4 Å². The number of aryl methyl sites for hydroxylation is 1. The van der Waals surface area contributed by atoms with Gasteiger partial charge >= 0.3 is 0 Å². The Morgan fingerprint density at radius 2 is 2.14 bits per heavy atom. The van der Waals surface area contributed by atoms with Crippen LogP contribution in [0, 0.1) is 6.92 Å². The molecule has 0 bridgehead atoms. The number of rotatable bonds is 4. The summed E-state index contributed by atoms with van der Waals surface area (Å²) in [4.78, 5) is 12.0. The van der Waals surface area contributed by atoms with Gasteiger partial charge in [-0.25, -0.2) is 4.68 Å². The number of nitrogens with zero attached hydrogens (tertiary/aromatic N) is 4. The van der Waals surface area contributed by atoms with Gasteiger partial charge in [0.25, 0.3) is 0 Å². The molecule has 0 fully saturated rings. The molecule has 118 valence electrons. The van der Waals surface area contributed by atoms with Crippen LogP contribution < -0.4 is 5.32 Å². The van der Waals surface area contributed by atoms with Crippen LogP contribution in [0.1, 0.15) is 26.3 Å². The molecule has 0 aliphatic carbocycles. The summed E-state index contributed by atoms with van der Waals surface area (Å²) in [7, 11) is 0. The number of amides is 1. The van der Waals surface area contributed by atoms with E-state index < -0.39 is 0 Å². The number of thioether (sulfide) groups is 1. The normalized spacial score (nSPS) is 11.5. The lowest BCUT2D eigenvalue weighted by atomic mass is 10.1. The lowest BCUT2D eigenvalue weighted by Gasteiger charge is -2.19. The molecule has 22 heavy (non-hydrogen) atoms. The van der Waals surface area contributed by atoms with Gasteiger partial charge < -0.3 is 5.32 Å². The molecule has 2 rings (SSSR count). The van der Waals surface area contributed by atoms with E-state index >= 15 is 0 Å². The van der Waals surface area contributed by atoms with Crippen LogP contribution in [-0.2, 0) is 10.3 Å². The van der Waals surface area contributed by atoms with E-state index in [0.29, 0.717) is 15.9 Å². The standard InChI is InChI=1S/C14H18ClN5OS/c1-9-5-6-10(7-11(9)15)16-12(21)8-22-13-17-18-19-20(13)14(2,3)4/h5-7H,8H2,1-4H3,(H,16,21). The first kappa shape index (κ1) is 16.8. The van der Waals surface area contributed by atoms with E-state index in [1.165, 1.54) is 11.8 Å². The van der Waals surface area contributed by atoms with Gasteiger partial charge in [0, 0.05) is 10.7 Å². The van der Waals surface area contributed by atoms with Crippen molar-refractivity contribution in [2.24, 2.45) is 0 Å². The summed E-state index contributed by atoms with van der Waals surface area (Å²) in [6.07, 6.45) is 0. The van der Waals surface area contributed by atoms with Crippen LogP contribution in [0.5, 0.6) is 0 Å². The van der Waals surface area contributed by atoms with Gasteiger partial charge in [0.15, 0.2) is 0 Å². The SMILES string of the molecule is Cc1ccc(NC(=O)CSc2nnnn2C(C)(C)C)cc1Cl. The van der Waals surface area contributed by atoms with Crippen molar-refractivity contribution in [1.29, 1.82) is 0 Å². The lowest BCUT2D eigenvalue weighted by molar-refractivity contribution is -0.113. The zero-order valence-corrected chi connectivity index (χ0v) is 14.5. The molecule has 0 radical (unpaired) electrons. The van der Waals surface area contributed by atoms with Crippen molar-refractivity contribution in [3.05, 3.63) is 28.8 Å². The first-order valence-corrected chi connectivity index (χ1v) is 8.11. The Kier molecular flexibility index (Phi) is 5.08. The van der Waals surface area contributed by atoms with E-state index in [2.05, 4.69) is 20.8 Å². The highest BCUT2D eigenvalue weighted by Crippen LogP contribution is 2.23. The fraction of sp³-hybridized carbons (Fsp3) is 0.429. The predicted molar refractivity (Wildman–Crippen MR) is 88.4 cm³/mol. The number of halogens is 1. The molecule has 1 heterocycles. The van der Waals surface area contributed by atoms with Crippen LogP contribution in [-0.4, -0.2) is 31.9 Å². The second-order valence-electron chi connectivity index (χ2n) is 5.84. The van der Waals surface area contributed by atoms with E-state index in [9.17, 15) is 4.79 Å². The van der Waals surface area contributed by atoms with Crippen molar-refractivity contribution in [2.75, 3.05) is 11.1 Å². The molecule has 1 aromatic carbocycles. The first-order valence-electron chi connectivity index (χ1n) is 6.75. The summed E-state index contributed by atoms with van der Waals surface area (Å²) in [5.74, 6) is 0.0930. The summed E-state index contributed by atoms with van der Waals surface area (Å²) in [6, 6.07) is 5.42. The molecular formula is C14H18ClN5OS. The zero-order chi connectivity index (χ0) is 16.3. The third kappa shape index (κ3) is 4.20. The molecule has 1 amide bonds. The van der Waals surface area contributed by atoms with Crippen LogP contribution in [0.15, 0.2) is 23.4 Å². The summed E-state index contributed by atoms with van der Waals surface area (Å²) in [5, 5.41) is 15.6. The Balaban J connectivity index is 1.96. The molecule has 1 N–H and O–H groups in total. The molecule has 0 saturated heterocycles. The van der Waals surface area contributed by atoms with Crippen molar-refractivity contribution in [2.45, 2.75) is 38.4 Å². The smallest absolute Gasteiger partial charge is 0.234 e. The van der Waals surface area contributed by atoms with Gasteiger partial charge in [-0.3, -0.25) is 4.79 Å². The number of tetrazole rings is 1. The van der Waals surface area contributed by atoms with E-state index in [-0.39, 0.29) is 17.2 Å². The number of hydrogen-bond acceptors (Lipinski definition) is 5. The van der Waals surface area contributed by atoms with Crippen molar-refractivity contribution < 1.29 is 4.79 Å². The monoisotopic (exact) mass is 339 g/mol. The van der Waals surface area contributed by atoms with Crippen LogP contribution in [0.25, 0.3) is 0 Å². The van der Waals surface area contributed by atoms with E-state index in [1.807, 2.05) is 39.8 Å². The maximum Gasteiger partial charge on any atom is 0.234 e. The average Bonchev–Trinajstić information content (AvgIpc) is 2.89. The largest absolute Gasteiger partial charge is 0.325 e. The van der Waals surface area contributed by atoms with E-state index in [4.69, 9.17) is 11.6 Å². The highest BCUT2D eigenvalue weighted by molar-refractivity contribution is 7.99. The Morgan fingerprint density at radius 1 is 1.41 bits per heavy atom. The minimum absolute atomic E-state index is 0.131. The van der Waals surface area contributed by atoms with Crippen LogP contribution >= 0.6 is 23.4 Å². The third-order valence-corrected chi connectivity index (χ3v) is 4.19. The van der Waals surface area contributed by atoms with Crippen LogP contribution in [0.4, 0.5) is 5.69 Å². The third-order valence-electron chi connectivity index (χ3n) is 2.86. The molecular weight excluding hydrogens is 322 g/mol. The summed E-state index contributed by atoms with van der Waals surface area (Å²) in [5.41, 5.74) is 1.42. The van der Waals surface area contributed by atoms with Gasteiger partial charge in [0.05, 0.1) is 11.3 Å². The zero-order valence-electron chi connectivity index (χ0n) is 12.9. The second-order valence-corrected chi connectivity index (χ2v) is 7.19. The van der Waals surface area contributed by atoms with Gasteiger partial charge in [0.1, 0.15) is 0 Å². The minimum atomic E-state index is -0.229. The predicted octanol–water partition coefficient (Wildman–Crippen LogP) is 3.12. The molecule has 0 unspecified atom stereocenters. The minimum Gasteiger partial charge on any atom is -0.325 e. The fourth-order valence-electron chi connectivity index (χ4n) is 1.69. The number of hydrogen-bond donors (Lipinski definition) is 1. The average molecular weight is 340 g/mol. The Labute approximate surface area is 138 Å². The van der Waals surface area contributed by atoms with Crippen molar-refractivity contribution in [1.82, 2.24) is 20.2 Å². The Morgan fingerprint density at radius 3 is 2.77 bits per heavy atom. The van der Waals surface area contributed by atoms with Crippen LogP contribution in [0.3, 0.4) is 0 Å². The quantitative estimate of drug-likeness (QED) is 0.866.